The molecule has 1 saturated carbocycles. The van der Waals surface area contributed by atoms with Gasteiger partial charge in [0.2, 0.25) is 0 Å². The van der Waals surface area contributed by atoms with Crippen molar-refractivity contribution in [2.24, 2.45) is 5.41 Å². The fourth-order valence-electron chi connectivity index (χ4n) is 3.24. The predicted molar refractivity (Wildman–Crippen MR) is 86.8 cm³/mol. The van der Waals surface area contributed by atoms with Gasteiger partial charge in [-0.3, -0.25) is 0 Å². The first-order chi connectivity index (χ1) is 10.1. The standard InChI is InChI=1S/C17H32N2O3/c1-16(2,3)22-15(21)19-9-7-6-8-12(11-19)18-13-10-14(20)17(13,4)5/h12-14,18,20H,6-11H2,1-5H3. The molecule has 0 aromatic rings. The van der Waals surface area contributed by atoms with Crippen molar-refractivity contribution in [2.75, 3.05) is 13.1 Å². The zero-order valence-corrected chi connectivity index (χ0v) is 14.7. The Morgan fingerprint density at radius 2 is 2.00 bits per heavy atom. The monoisotopic (exact) mass is 312 g/mol. The molecule has 0 spiro atoms. The summed E-state index contributed by atoms with van der Waals surface area (Å²) in [7, 11) is 0. The van der Waals surface area contributed by atoms with Crippen LogP contribution in [0.4, 0.5) is 4.79 Å². The molecule has 2 N–H and O–H groups in total. The maximum Gasteiger partial charge on any atom is 0.410 e. The fraction of sp³-hybridized carbons (Fsp3) is 0.941. The molecule has 1 amide bonds. The lowest BCUT2D eigenvalue weighted by atomic mass is 9.64. The molecule has 0 aromatic carbocycles. The highest BCUT2D eigenvalue weighted by atomic mass is 16.6. The fourth-order valence-corrected chi connectivity index (χ4v) is 3.24. The molecule has 0 radical (unpaired) electrons. The highest BCUT2D eigenvalue weighted by molar-refractivity contribution is 5.68. The third-order valence-corrected chi connectivity index (χ3v) is 4.98. The molecular weight excluding hydrogens is 280 g/mol. The largest absolute Gasteiger partial charge is 0.444 e. The van der Waals surface area contributed by atoms with Gasteiger partial charge in [0.1, 0.15) is 5.60 Å². The van der Waals surface area contributed by atoms with E-state index in [9.17, 15) is 9.90 Å². The van der Waals surface area contributed by atoms with Gasteiger partial charge in [0.15, 0.2) is 0 Å². The third kappa shape index (κ3) is 4.13. The Morgan fingerprint density at radius 3 is 2.55 bits per heavy atom. The Kier molecular flexibility index (Phi) is 5.07. The number of nitrogens with zero attached hydrogens (tertiary/aromatic N) is 1. The van der Waals surface area contributed by atoms with Crippen LogP contribution in [0, 0.1) is 5.41 Å². The number of nitrogens with one attached hydrogen (secondary N) is 1. The van der Waals surface area contributed by atoms with Crippen LogP contribution in [0.1, 0.15) is 60.3 Å². The first-order valence-corrected chi connectivity index (χ1v) is 8.51. The molecule has 1 heterocycles. The molecule has 22 heavy (non-hydrogen) atoms. The van der Waals surface area contributed by atoms with E-state index in [0.29, 0.717) is 12.6 Å². The van der Waals surface area contributed by atoms with Crippen LogP contribution in [0.15, 0.2) is 0 Å². The summed E-state index contributed by atoms with van der Waals surface area (Å²) in [6.07, 6.45) is 3.57. The lowest BCUT2D eigenvalue weighted by Crippen LogP contribution is -2.63. The number of carbonyl (C=O) groups excluding carboxylic acids is 1. The van der Waals surface area contributed by atoms with E-state index in [4.69, 9.17) is 4.74 Å². The van der Waals surface area contributed by atoms with Crippen molar-refractivity contribution in [3.05, 3.63) is 0 Å². The van der Waals surface area contributed by atoms with Crippen LogP contribution in [-0.4, -0.2) is 53.0 Å². The Hall–Kier alpha value is -0.810. The summed E-state index contributed by atoms with van der Waals surface area (Å²) in [5.74, 6) is 0. The first-order valence-electron chi connectivity index (χ1n) is 8.51. The molecular formula is C17H32N2O3. The van der Waals surface area contributed by atoms with Crippen molar-refractivity contribution in [3.8, 4) is 0 Å². The van der Waals surface area contributed by atoms with E-state index in [0.717, 1.165) is 32.2 Å². The maximum atomic E-state index is 12.3. The molecule has 5 nitrogen and oxygen atoms in total. The van der Waals surface area contributed by atoms with Crippen LogP contribution in [0.2, 0.25) is 0 Å². The number of aliphatic hydroxyl groups is 1. The van der Waals surface area contributed by atoms with E-state index in [2.05, 4.69) is 19.2 Å². The molecule has 2 aliphatic rings. The van der Waals surface area contributed by atoms with E-state index in [1.165, 1.54) is 0 Å². The summed E-state index contributed by atoms with van der Waals surface area (Å²) < 4.78 is 5.50. The van der Waals surface area contributed by atoms with Crippen LogP contribution in [-0.2, 0) is 4.74 Å². The minimum absolute atomic E-state index is 0.0803. The summed E-state index contributed by atoms with van der Waals surface area (Å²) in [6, 6.07) is 0.609. The van der Waals surface area contributed by atoms with Crippen molar-refractivity contribution in [1.29, 1.82) is 0 Å². The summed E-state index contributed by atoms with van der Waals surface area (Å²) >= 11 is 0. The second-order valence-corrected chi connectivity index (χ2v) is 8.41. The van der Waals surface area contributed by atoms with Gasteiger partial charge in [0.05, 0.1) is 6.10 Å². The predicted octanol–water partition coefficient (Wildman–Crippen LogP) is 2.53. The number of carbonyl (C=O) groups is 1. The summed E-state index contributed by atoms with van der Waals surface area (Å²) in [5, 5.41) is 13.5. The lowest BCUT2D eigenvalue weighted by molar-refractivity contribution is -0.0768. The average Bonchev–Trinajstić information content (AvgIpc) is 2.62. The number of hydrogen-bond acceptors (Lipinski definition) is 4. The van der Waals surface area contributed by atoms with Gasteiger partial charge in [-0.2, -0.15) is 0 Å². The van der Waals surface area contributed by atoms with Gasteiger partial charge in [-0.1, -0.05) is 20.3 Å². The van der Waals surface area contributed by atoms with Gasteiger partial charge >= 0.3 is 6.09 Å². The first kappa shape index (κ1) is 17.5. The van der Waals surface area contributed by atoms with Crippen molar-refractivity contribution >= 4 is 6.09 Å². The van der Waals surface area contributed by atoms with Crippen LogP contribution in [0.25, 0.3) is 0 Å². The van der Waals surface area contributed by atoms with Crippen LogP contribution >= 0.6 is 0 Å². The molecule has 3 unspecified atom stereocenters. The Balaban J connectivity index is 1.91. The Morgan fingerprint density at radius 1 is 1.32 bits per heavy atom. The van der Waals surface area contributed by atoms with Crippen molar-refractivity contribution in [2.45, 2.75) is 84.1 Å². The summed E-state index contributed by atoms with van der Waals surface area (Å²) in [4.78, 5) is 14.1. The SMILES string of the molecule is CC(C)(C)OC(=O)N1CCCCC(NC2CC(O)C2(C)C)C1. The van der Waals surface area contributed by atoms with Crippen LogP contribution in [0.3, 0.4) is 0 Å². The number of hydrogen-bond donors (Lipinski definition) is 2. The molecule has 5 heteroatoms. The van der Waals surface area contributed by atoms with E-state index >= 15 is 0 Å². The average molecular weight is 312 g/mol. The number of rotatable bonds is 2. The normalized spacial score (nSPS) is 32.1. The van der Waals surface area contributed by atoms with E-state index in [1.807, 2.05) is 25.7 Å². The van der Waals surface area contributed by atoms with Gasteiger partial charge < -0.3 is 20.1 Å². The number of ether oxygens (including phenoxy) is 1. The van der Waals surface area contributed by atoms with E-state index in [-0.39, 0.29) is 23.7 Å². The number of likely N-dealkylation sites (tertiary alicyclic amines) is 1. The smallest absolute Gasteiger partial charge is 0.410 e. The molecule has 128 valence electrons. The van der Waals surface area contributed by atoms with Gasteiger partial charge in [-0.25, -0.2) is 4.79 Å². The number of amides is 1. The highest BCUT2D eigenvalue weighted by Gasteiger charge is 2.47. The van der Waals surface area contributed by atoms with Gasteiger partial charge in [0.25, 0.3) is 0 Å². The van der Waals surface area contributed by atoms with Gasteiger partial charge in [0, 0.05) is 30.6 Å². The van der Waals surface area contributed by atoms with Crippen LogP contribution < -0.4 is 5.32 Å². The molecule has 1 saturated heterocycles. The highest BCUT2D eigenvalue weighted by Crippen LogP contribution is 2.40. The third-order valence-electron chi connectivity index (χ3n) is 4.98. The minimum atomic E-state index is -0.452. The van der Waals surface area contributed by atoms with Crippen molar-refractivity contribution < 1.29 is 14.6 Å². The molecule has 2 rings (SSSR count). The molecule has 1 aliphatic heterocycles. The Bertz CT molecular complexity index is 403. The zero-order valence-electron chi connectivity index (χ0n) is 14.7. The quantitative estimate of drug-likeness (QED) is 0.822. The second-order valence-electron chi connectivity index (χ2n) is 8.41. The molecule has 3 atom stereocenters. The maximum absolute atomic E-state index is 12.3. The Labute approximate surface area is 134 Å². The van der Waals surface area contributed by atoms with Gasteiger partial charge in [-0.15, -0.1) is 0 Å². The second kappa shape index (κ2) is 6.36. The van der Waals surface area contributed by atoms with Gasteiger partial charge in [-0.05, 0) is 40.0 Å². The molecule has 1 aliphatic carbocycles. The molecule has 2 fully saturated rings. The number of aliphatic hydroxyl groups excluding tert-OH is 1. The van der Waals surface area contributed by atoms with Crippen molar-refractivity contribution in [1.82, 2.24) is 10.2 Å². The summed E-state index contributed by atoms with van der Waals surface area (Å²) in [5.41, 5.74) is -0.532. The van der Waals surface area contributed by atoms with E-state index < -0.39 is 5.60 Å². The minimum Gasteiger partial charge on any atom is -0.444 e. The van der Waals surface area contributed by atoms with Crippen LogP contribution in [0.5, 0.6) is 0 Å². The van der Waals surface area contributed by atoms with Crippen molar-refractivity contribution in [3.63, 3.8) is 0 Å². The lowest BCUT2D eigenvalue weighted by Gasteiger charge is -2.51. The zero-order chi connectivity index (χ0) is 16.5. The summed E-state index contributed by atoms with van der Waals surface area (Å²) in [6.45, 7) is 11.4. The van der Waals surface area contributed by atoms with E-state index in [1.54, 1.807) is 0 Å². The molecule has 0 bridgehead atoms. The topological polar surface area (TPSA) is 61.8 Å². The molecule has 0 aromatic heterocycles.